The van der Waals surface area contributed by atoms with Gasteiger partial charge in [0.2, 0.25) is 0 Å². The van der Waals surface area contributed by atoms with Crippen molar-refractivity contribution in [2.45, 2.75) is 0 Å². The van der Waals surface area contributed by atoms with E-state index < -0.39 is 26.5 Å². The summed E-state index contributed by atoms with van der Waals surface area (Å²) in [5.41, 5.74) is 0. The molecule has 1 heterocycles. The molecule has 0 aromatic rings. The Morgan fingerprint density at radius 3 is 1.89 bits per heavy atom. The number of rotatable bonds is 2. The van der Waals surface area contributed by atoms with Crippen LogP contribution in [-0.2, 0) is 5.98 Å². The summed E-state index contributed by atoms with van der Waals surface area (Å²) in [6.45, 7) is 7.04. The summed E-state index contributed by atoms with van der Waals surface area (Å²) < 4.78 is 13.1. The van der Waals surface area contributed by atoms with Gasteiger partial charge in [-0.25, -0.2) is 0 Å². The van der Waals surface area contributed by atoms with E-state index in [2.05, 4.69) is 13.2 Å². The van der Waals surface area contributed by atoms with Gasteiger partial charge in [-0.15, -0.1) is 0 Å². The van der Waals surface area contributed by atoms with Crippen molar-refractivity contribution < 1.29 is 11.0 Å². The first kappa shape index (κ1) is 7.33. The third kappa shape index (κ3) is 1.21. The Hall–Kier alpha value is 0.224. The van der Waals surface area contributed by atoms with Crippen molar-refractivity contribution in [2.24, 2.45) is 0 Å². The fourth-order valence-electron chi connectivity index (χ4n) is 0.600. The minimum absolute atomic E-state index is 1.03. The van der Waals surface area contributed by atoms with Crippen LogP contribution in [0.25, 0.3) is 0 Å². The van der Waals surface area contributed by atoms with Gasteiger partial charge in [-0.2, -0.15) is 0 Å². The summed E-state index contributed by atoms with van der Waals surface area (Å²) in [6.07, 6.45) is 0. The third-order valence-electron chi connectivity index (χ3n) is 1.14. The van der Waals surface area contributed by atoms with E-state index in [9.17, 15) is 0 Å². The van der Waals surface area contributed by atoms with Crippen LogP contribution in [0.4, 0.5) is 0 Å². The predicted octanol–water partition coefficient (Wildman–Crippen LogP) is -0.0970. The fraction of sp³-hybridized carbons (Fsp3) is 0. The molecule has 1 rings (SSSR count). The van der Waals surface area contributed by atoms with Gasteiger partial charge in [0, 0.05) is 0 Å². The molecule has 48 valence electrons. The molecule has 1 fully saturated rings. The Morgan fingerprint density at radius 1 is 1.33 bits per heavy atom. The molecule has 0 aromatic carbocycles. The van der Waals surface area contributed by atoms with Crippen LogP contribution in [0.2, 0.25) is 0 Å². The molecule has 1 N–H and O–H groups in total. The van der Waals surface area contributed by atoms with Crippen molar-refractivity contribution >= 4 is 26.5 Å². The summed E-state index contributed by atoms with van der Waals surface area (Å²) in [5, 5.41) is 8.56. The first-order chi connectivity index (χ1) is 4.22. The van der Waals surface area contributed by atoms with Crippen LogP contribution < -0.4 is 0 Å². The fourth-order valence-corrected chi connectivity index (χ4v) is 4.02. The Kier molecular flexibility index (Phi) is 2.00. The van der Waals surface area contributed by atoms with E-state index in [0.29, 0.717) is 0 Å². The molecule has 0 aliphatic carbocycles. The van der Waals surface area contributed by atoms with Gasteiger partial charge in [-0.05, 0) is 0 Å². The molecule has 1 aliphatic rings. The van der Waals surface area contributed by atoms with E-state index >= 15 is 0 Å². The molecule has 0 unspecified atom stereocenters. The normalized spacial score (nSPS) is 22.6. The molecule has 0 aromatic heterocycles. The molecule has 5 heteroatoms. The second kappa shape index (κ2) is 2.45. The van der Waals surface area contributed by atoms with Crippen molar-refractivity contribution in [1.82, 2.24) is 0 Å². The maximum atomic E-state index is 8.56. The van der Waals surface area contributed by atoms with Crippen molar-refractivity contribution in [3.8, 4) is 0 Å². The van der Waals surface area contributed by atoms with E-state index in [1.54, 1.807) is 8.18 Å². The maximum absolute atomic E-state index is 8.56. The van der Waals surface area contributed by atoms with Gasteiger partial charge in [-0.3, -0.25) is 0 Å². The van der Waals surface area contributed by atoms with Crippen LogP contribution in [0.3, 0.4) is 0 Å². The molecule has 0 saturated carbocycles. The Labute approximate surface area is 59.1 Å². The van der Waals surface area contributed by atoms with Gasteiger partial charge in [0.1, 0.15) is 0 Å². The molecule has 3 nitrogen and oxygen atoms in total. The molecule has 1 aliphatic heterocycles. The van der Waals surface area contributed by atoms with Crippen LogP contribution in [0.5, 0.6) is 0 Å². The molecule has 0 bridgehead atoms. The first-order valence-corrected chi connectivity index (χ1v) is 8.16. The van der Waals surface area contributed by atoms with E-state index in [0.717, 1.165) is 0 Å². The number of hydrogen-bond acceptors (Lipinski definition) is 3. The molecule has 9 heavy (non-hydrogen) atoms. The summed E-state index contributed by atoms with van der Waals surface area (Å²) in [7, 11) is -1.03. The summed E-state index contributed by atoms with van der Waals surface area (Å²) >= 11 is -2.96. The van der Waals surface area contributed by atoms with Gasteiger partial charge in [0.25, 0.3) is 0 Å². The van der Waals surface area contributed by atoms with Gasteiger partial charge in [0.05, 0.1) is 0 Å². The second-order valence-electron chi connectivity index (χ2n) is 1.67. The topological polar surface area (TPSA) is 38.7 Å². The van der Waals surface area contributed by atoms with Gasteiger partial charge < -0.3 is 0 Å². The average molecular weight is 233 g/mol. The zero-order valence-electron chi connectivity index (χ0n) is 4.91. The summed E-state index contributed by atoms with van der Waals surface area (Å²) in [6, 6.07) is 0. The molecular weight excluding hydrogens is 226 g/mol. The quantitative estimate of drug-likeness (QED) is 0.676. The summed E-state index contributed by atoms with van der Waals surface area (Å²) in [4.78, 5) is 0. The van der Waals surface area contributed by atoms with E-state index in [4.69, 9.17) is 11.0 Å². The average Bonchev–Trinajstić information content (AvgIpc) is 1.81. The van der Waals surface area contributed by atoms with Crippen molar-refractivity contribution in [3.05, 3.63) is 21.3 Å². The molecular formula is C4H7BO3Sn. The van der Waals surface area contributed by atoms with Crippen LogP contribution in [-0.4, -0.2) is 31.6 Å². The monoisotopic (exact) mass is 234 g/mol. The van der Waals surface area contributed by atoms with E-state index in [1.807, 2.05) is 0 Å². The Bertz CT molecular complexity index is 133. The summed E-state index contributed by atoms with van der Waals surface area (Å²) in [5.74, 6) is 0. The van der Waals surface area contributed by atoms with Crippen LogP contribution in [0.15, 0.2) is 21.3 Å². The molecule has 1 saturated heterocycles. The van der Waals surface area contributed by atoms with Gasteiger partial charge in [-0.1, -0.05) is 0 Å². The first-order valence-electron chi connectivity index (χ1n) is 2.53. The Balaban J connectivity index is 2.54. The zero-order valence-corrected chi connectivity index (χ0v) is 7.76. The second-order valence-corrected chi connectivity index (χ2v) is 9.47. The van der Waals surface area contributed by atoms with Crippen LogP contribution in [0, 0.1) is 0 Å². The van der Waals surface area contributed by atoms with Gasteiger partial charge in [0.15, 0.2) is 0 Å². The van der Waals surface area contributed by atoms with E-state index in [1.165, 1.54) is 0 Å². The van der Waals surface area contributed by atoms with Crippen molar-refractivity contribution in [1.29, 1.82) is 0 Å². The van der Waals surface area contributed by atoms with Gasteiger partial charge >= 0.3 is 58.9 Å². The van der Waals surface area contributed by atoms with Crippen LogP contribution >= 0.6 is 0 Å². The standard InChI is InChI=1S/2C2H3.BHO3.Sn/c2*1-2;2-1(3)4;/h2*1H,2H2;2H;/q;;-2;+2. The predicted molar refractivity (Wildman–Crippen MR) is 36.3 cm³/mol. The van der Waals surface area contributed by atoms with Crippen LogP contribution in [0.1, 0.15) is 0 Å². The molecule has 0 amide bonds. The van der Waals surface area contributed by atoms with Crippen molar-refractivity contribution in [3.63, 3.8) is 0 Å². The SMILES string of the molecule is C=[CH][Sn]1([CH]=C)[O]B(O)[O]1. The number of hydrogen-bond donors (Lipinski definition) is 1. The van der Waals surface area contributed by atoms with E-state index in [-0.39, 0.29) is 0 Å². The molecule has 0 atom stereocenters. The third-order valence-corrected chi connectivity index (χ3v) is 7.64. The zero-order chi connectivity index (χ0) is 6.91. The Morgan fingerprint density at radius 2 is 1.78 bits per heavy atom. The molecule has 0 radical (unpaired) electrons. The minimum atomic E-state index is -2.96. The molecule has 0 spiro atoms. The van der Waals surface area contributed by atoms with Crippen molar-refractivity contribution in [2.75, 3.05) is 0 Å².